The van der Waals surface area contributed by atoms with Crippen molar-refractivity contribution in [3.63, 3.8) is 0 Å². The van der Waals surface area contributed by atoms with E-state index in [0.29, 0.717) is 0 Å². The second-order valence-corrected chi connectivity index (χ2v) is 3.26. The van der Waals surface area contributed by atoms with Crippen LogP contribution in [0.4, 0.5) is 4.39 Å². The molecular formula is C14H27F. The molecule has 0 aliphatic carbocycles. The van der Waals surface area contributed by atoms with Crippen molar-refractivity contribution in [3.8, 4) is 0 Å². The molecule has 0 bridgehead atoms. The first-order chi connectivity index (χ1) is 7.15. The van der Waals surface area contributed by atoms with Crippen molar-refractivity contribution < 1.29 is 4.39 Å². The van der Waals surface area contributed by atoms with Gasteiger partial charge in [-0.1, -0.05) is 46.3 Å². The summed E-state index contributed by atoms with van der Waals surface area (Å²) >= 11 is 0. The molecule has 0 unspecified atom stereocenters. The Kier molecular flexibility index (Phi) is 12.9. The lowest BCUT2D eigenvalue weighted by atomic mass is 10.0. The summed E-state index contributed by atoms with van der Waals surface area (Å²) in [6, 6.07) is 0. The number of allylic oxidation sites excluding steroid dienone is 4. The molecule has 0 N–H and O–H groups in total. The summed E-state index contributed by atoms with van der Waals surface area (Å²) in [7, 11) is 0. The van der Waals surface area contributed by atoms with Gasteiger partial charge in [-0.05, 0) is 38.2 Å². The molecule has 0 spiro atoms. The second kappa shape index (κ2) is 11.5. The fourth-order valence-corrected chi connectivity index (χ4v) is 1.33. The molecule has 0 saturated heterocycles. The highest BCUT2D eigenvalue weighted by atomic mass is 19.1. The smallest absolute Gasteiger partial charge is 0.0963 e. The van der Waals surface area contributed by atoms with E-state index in [2.05, 4.69) is 19.9 Å². The molecule has 0 atom stereocenters. The highest BCUT2D eigenvalue weighted by Gasteiger charge is 1.98. The molecule has 1 heteroatoms. The third kappa shape index (κ3) is 8.41. The van der Waals surface area contributed by atoms with Gasteiger partial charge in [0, 0.05) is 0 Å². The number of rotatable bonds is 5. The van der Waals surface area contributed by atoms with E-state index >= 15 is 0 Å². The van der Waals surface area contributed by atoms with E-state index in [-0.39, 0.29) is 5.83 Å². The summed E-state index contributed by atoms with van der Waals surface area (Å²) in [5.41, 5.74) is 2.35. The van der Waals surface area contributed by atoms with Gasteiger partial charge in [-0.25, -0.2) is 4.39 Å². The maximum Gasteiger partial charge on any atom is 0.0963 e. The van der Waals surface area contributed by atoms with Crippen LogP contribution < -0.4 is 0 Å². The van der Waals surface area contributed by atoms with Gasteiger partial charge in [0.2, 0.25) is 0 Å². The van der Waals surface area contributed by atoms with E-state index in [0.717, 1.165) is 31.3 Å². The van der Waals surface area contributed by atoms with Crippen molar-refractivity contribution >= 4 is 0 Å². The van der Waals surface area contributed by atoms with Gasteiger partial charge in [-0.3, -0.25) is 0 Å². The second-order valence-electron chi connectivity index (χ2n) is 3.26. The first kappa shape index (κ1) is 16.8. The molecule has 0 aromatic rings. The molecule has 0 fully saturated rings. The van der Waals surface area contributed by atoms with Crippen LogP contribution in [0.25, 0.3) is 0 Å². The van der Waals surface area contributed by atoms with Gasteiger partial charge < -0.3 is 0 Å². The van der Waals surface area contributed by atoms with Crippen molar-refractivity contribution in [1.29, 1.82) is 0 Å². The maximum absolute atomic E-state index is 12.9. The average molecular weight is 214 g/mol. The zero-order valence-electron chi connectivity index (χ0n) is 11.3. The Morgan fingerprint density at radius 3 is 1.73 bits per heavy atom. The Hall–Kier alpha value is -0.590. The zero-order chi connectivity index (χ0) is 12.3. The Morgan fingerprint density at radius 2 is 1.47 bits per heavy atom. The van der Waals surface area contributed by atoms with E-state index in [1.807, 2.05) is 20.8 Å². The van der Waals surface area contributed by atoms with Crippen molar-refractivity contribution in [2.45, 2.75) is 67.2 Å². The summed E-state index contributed by atoms with van der Waals surface area (Å²) in [5.74, 6) is -0.00898. The summed E-state index contributed by atoms with van der Waals surface area (Å²) in [5, 5.41) is 0. The Bertz CT molecular complexity index is 189. The molecule has 0 aromatic carbocycles. The fraction of sp³-hybridized carbons (Fsp3) is 0.714. The van der Waals surface area contributed by atoms with Crippen molar-refractivity contribution in [1.82, 2.24) is 0 Å². The lowest BCUT2D eigenvalue weighted by Gasteiger charge is -2.03. The third-order valence-corrected chi connectivity index (χ3v) is 2.46. The minimum Gasteiger partial charge on any atom is -0.212 e. The molecule has 0 aromatic heterocycles. The van der Waals surface area contributed by atoms with Gasteiger partial charge in [-0.15, -0.1) is 0 Å². The lowest BCUT2D eigenvalue weighted by molar-refractivity contribution is 0.616. The normalized spacial score (nSPS) is 11.1. The highest BCUT2D eigenvalue weighted by Crippen LogP contribution is 2.17. The Labute approximate surface area is 95.3 Å². The quantitative estimate of drug-likeness (QED) is 0.507. The number of hydrogen-bond donors (Lipinski definition) is 0. The monoisotopic (exact) mass is 214 g/mol. The summed E-state index contributed by atoms with van der Waals surface area (Å²) < 4.78 is 12.9. The lowest BCUT2D eigenvalue weighted by Crippen LogP contribution is -1.84. The fourth-order valence-electron chi connectivity index (χ4n) is 1.33. The first-order valence-corrected chi connectivity index (χ1v) is 6.17. The minimum atomic E-state index is -0.00898. The maximum atomic E-state index is 12.9. The predicted octanol–water partition coefficient (Wildman–Crippen LogP) is 5.80. The molecule has 15 heavy (non-hydrogen) atoms. The van der Waals surface area contributed by atoms with E-state index in [9.17, 15) is 4.39 Å². The van der Waals surface area contributed by atoms with E-state index in [1.165, 1.54) is 5.57 Å². The largest absolute Gasteiger partial charge is 0.212 e. The van der Waals surface area contributed by atoms with E-state index in [1.54, 1.807) is 6.92 Å². The molecule has 0 heterocycles. The molecule has 0 saturated carbocycles. The highest BCUT2D eigenvalue weighted by molar-refractivity contribution is 5.13. The number of hydrogen-bond acceptors (Lipinski definition) is 0. The van der Waals surface area contributed by atoms with Gasteiger partial charge in [0.15, 0.2) is 0 Å². The van der Waals surface area contributed by atoms with Crippen LogP contribution in [-0.4, -0.2) is 0 Å². The Morgan fingerprint density at radius 1 is 1.00 bits per heavy atom. The molecule has 0 radical (unpaired) electrons. The van der Waals surface area contributed by atoms with Gasteiger partial charge >= 0.3 is 0 Å². The van der Waals surface area contributed by atoms with Crippen LogP contribution in [0.15, 0.2) is 23.0 Å². The van der Waals surface area contributed by atoms with Crippen molar-refractivity contribution in [2.75, 3.05) is 0 Å². The average Bonchev–Trinajstić information content (AvgIpc) is 2.27. The third-order valence-electron chi connectivity index (χ3n) is 2.46. The zero-order valence-corrected chi connectivity index (χ0v) is 11.3. The van der Waals surface area contributed by atoms with Gasteiger partial charge in [0.1, 0.15) is 0 Å². The van der Waals surface area contributed by atoms with Crippen LogP contribution >= 0.6 is 0 Å². The standard InChI is InChI=1S/C12H21F.C2H6/c1-5-11(6-2)8-9-12(7-3)10(4)13;1-2/h8H,5-7,9H2,1-4H3;1-2H3/b12-10+;. The summed E-state index contributed by atoms with van der Waals surface area (Å²) in [6.45, 7) is 11.8. The van der Waals surface area contributed by atoms with Gasteiger partial charge in [0.05, 0.1) is 5.83 Å². The summed E-state index contributed by atoms with van der Waals surface area (Å²) in [4.78, 5) is 0. The SMILES string of the molecule is CC.CCC(=CC/C(CC)=C(\C)F)CC. The van der Waals surface area contributed by atoms with E-state index < -0.39 is 0 Å². The molecule has 90 valence electrons. The van der Waals surface area contributed by atoms with Crippen LogP contribution in [0.3, 0.4) is 0 Å². The molecule has 0 nitrogen and oxygen atoms in total. The van der Waals surface area contributed by atoms with Crippen LogP contribution in [0.2, 0.25) is 0 Å². The molecule has 0 aliphatic rings. The predicted molar refractivity (Wildman–Crippen MR) is 68.7 cm³/mol. The van der Waals surface area contributed by atoms with Gasteiger partial charge in [0.25, 0.3) is 0 Å². The van der Waals surface area contributed by atoms with Crippen molar-refractivity contribution in [2.24, 2.45) is 0 Å². The molecule has 0 rings (SSSR count). The van der Waals surface area contributed by atoms with Gasteiger partial charge in [-0.2, -0.15) is 0 Å². The molecular weight excluding hydrogens is 187 g/mol. The van der Waals surface area contributed by atoms with Crippen LogP contribution in [-0.2, 0) is 0 Å². The first-order valence-electron chi connectivity index (χ1n) is 6.17. The van der Waals surface area contributed by atoms with Crippen LogP contribution in [0.1, 0.15) is 67.2 Å². The molecule has 0 aliphatic heterocycles. The van der Waals surface area contributed by atoms with Crippen molar-refractivity contribution in [3.05, 3.63) is 23.0 Å². The van der Waals surface area contributed by atoms with E-state index in [4.69, 9.17) is 0 Å². The minimum absolute atomic E-state index is 0.00898. The van der Waals surface area contributed by atoms with Crippen LogP contribution in [0.5, 0.6) is 0 Å². The summed E-state index contributed by atoms with van der Waals surface area (Å²) in [6.07, 6.45) is 5.94. The number of halogens is 1. The molecule has 0 amide bonds. The Balaban J connectivity index is 0. The van der Waals surface area contributed by atoms with Crippen LogP contribution in [0, 0.1) is 0 Å². The topological polar surface area (TPSA) is 0 Å².